The zero-order valence-electron chi connectivity index (χ0n) is 14.8. The molecule has 6 nitrogen and oxygen atoms in total. The van der Waals surface area contributed by atoms with E-state index in [0.717, 1.165) is 18.4 Å². The van der Waals surface area contributed by atoms with Gasteiger partial charge in [-0.1, -0.05) is 32.1 Å². The highest BCUT2D eigenvalue weighted by molar-refractivity contribution is 5.88. The fraction of sp³-hybridized carbons (Fsp3) is 0.684. The summed E-state index contributed by atoms with van der Waals surface area (Å²) in [5.74, 6) is -2.24. The summed E-state index contributed by atoms with van der Waals surface area (Å²) in [5, 5.41) is 9.22. The van der Waals surface area contributed by atoms with Crippen LogP contribution in [0.15, 0.2) is 23.8 Å². The van der Waals surface area contributed by atoms with Gasteiger partial charge in [-0.15, -0.1) is 0 Å². The van der Waals surface area contributed by atoms with Crippen LogP contribution in [0.25, 0.3) is 0 Å². The first-order chi connectivity index (χ1) is 11.7. The molecule has 6 atom stereocenters. The van der Waals surface area contributed by atoms with Gasteiger partial charge in [-0.05, 0) is 25.7 Å². The largest absolute Gasteiger partial charge is 0.455 e. The summed E-state index contributed by atoms with van der Waals surface area (Å²) in [5.41, 5.74) is -0.281. The number of ether oxygens (including phenoxy) is 3. The maximum absolute atomic E-state index is 12.4. The molecule has 4 aliphatic rings. The maximum Gasteiger partial charge on any atom is 0.336 e. The third-order valence-corrected chi connectivity index (χ3v) is 6.92. The lowest BCUT2D eigenvalue weighted by Crippen LogP contribution is -2.59. The first-order valence-electron chi connectivity index (χ1n) is 8.85. The smallest absolute Gasteiger partial charge is 0.336 e. The van der Waals surface area contributed by atoms with Crippen molar-refractivity contribution in [2.75, 3.05) is 6.61 Å². The summed E-state index contributed by atoms with van der Waals surface area (Å²) in [7, 11) is 0. The highest BCUT2D eigenvalue weighted by Gasteiger charge is 2.90. The van der Waals surface area contributed by atoms with Gasteiger partial charge in [-0.3, -0.25) is 4.79 Å². The van der Waals surface area contributed by atoms with E-state index in [9.17, 15) is 14.7 Å². The molecule has 1 N–H and O–H groups in total. The van der Waals surface area contributed by atoms with Crippen LogP contribution in [0.4, 0.5) is 0 Å². The maximum atomic E-state index is 12.4. The van der Waals surface area contributed by atoms with Crippen molar-refractivity contribution in [1.82, 2.24) is 0 Å². The van der Waals surface area contributed by atoms with Crippen LogP contribution < -0.4 is 0 Å². The van der Waals surface area contributed by atoms with Crippen LogP contribution in [0.5, 0.6) is 0 Å². The van der Waals surface area contributed by atoms with Gasteiger partial charge < -0.3 is 19.3 Å². The van der Waals surface area contributed by atoms with Crippen molar-refractivity contribution in [2.45, 2.75) is 57.5 Å². The first kappa shape index (κ1) is 16.8. The molecule has 2 aliphatic carbocycles. The van der Waals surface area contributed by atoms with Crippen molar-refractivity contribution in [2.24, 2.45) is 17.3 Å². The molecule has 1 saturated carbocycles. The second-order valence-corrected chi connectivity index (χ2v) is 8.01. The van der Waals surface area contributed by atoms with E-state index in [-0.39, 0.29) is 17.5 Å². The van der Waals surface area contributed by atoms with Gasteiger partial charge in [-0.2, -0.15) is 0 Å². The summed E-state index contributed by atoms with van der Waals surface area (Å²) in [6, 6.07) is 0. The highest BCUT2D eigenvalue weighted by Crippen LogP contribution is 2.73. The number of epoxide rings is 1. The Morgan fingerprint density at radius 2 is 2.20 bits per heavy atom. The molecule has 6 heteroatoms. The Hall–Kier alpha value is -1.66. The molecule has 25 heavy (non-hydrogen) atoms. The Bertz CT molecular complexity index is 711. The quantitative estimate of drug-likeness (QED) is 0.363. The Kier molecular flexibility index (Phi) is 3.32. The average molecular weight is 348 g/mol. The van der Waals surface area contributed by atoms with E-state index in [1.165, 1.54) is 0 Å². The molecular weight excluding hydrogens is 324 g/mol. The van der Waals surface area contributed by atoms with E-state index >= 15 is 0 Å². The first-order valence-corrected chi connectivity index (χ1v) is 8.85. The van der Waals surface area contributed by atoms with E-state index in [1.54, 1.807) is 6.92 Å². The van der Waals surface area contributed by atoms with E-state index in [2.05, 4.69) is 26.5 Å². The molecule has 2 aliphatic heterocycles. The van der Waals surface area contributed by atoms with Gasteiger partial charge in [0.05, 0.1) is 18.1 Å². The third-order valence-electron chi connectivity index (χ3n) is 6.92. The molecule has 0 amide bonds. The van der Waals surface area contributed by atoms with Crippen molar-refractivity contribution in [3.63, 3.8) is 0 Å². The zero-order valence-corrected chi connectivity index (χ0v) is 14.8. The molecule has 0 aromatic rings. The van der Waals surface area contributed by atoms with Crippen LogP contribution in [0.2, 0.25) is 0 Å². The van der Waals surface area contributed by atoms with E-state index in [0.29, 0.717) is 6.42 Å². The van der Waals surface area contributed by atoms with Crippen LogP contribution in [-0.2, 0) is 23.8 Å². The number of carbonyl (C=O) groups is 2. The van der Waals surface area contributed by atoms with Crippen molar-refractivity contribution >= 4 is 11.9 Å². The Morgan fingerprint density at radius 3 is 2.88 bits per heavy atom. The van der Waals surface area contributed by atoms with Gasteiger partial charge in [0.1, 0.15) is 6.10 Å². The second-order valence-electron chi connectivity index (χ2n) is 8.01. The van der Waals surface area contributed by atoms with Gasteiger partial charge in [-0.25, -0.2) is 4.79 Å². The van der Waals surface area contributed by atoms with Crippen LogP contribution >= 0.6 is 0 Å². The fourth-order valence-corrected chi connectivity index (χ4v) is 5.08. The number of allylic oxidation sites excluding steroid dienone is 1. The summed E-state index contributed by atoms with van der Waals surface area (Å²) >= 11 is 0. The van der Waals surface area contributed by atoms with Gasteiger partial charge in [0.25, 0.3) is 5.79 Å². The zero-order chi connectivity index (χ0) is 18.2. The van der Waals surface area contributed by atoms with Crippen LogP contribution in [0, 0.1) is 17.3 Å². The highest BCUT2D eigenvalue weighted by atomic mass is 16.8. The predicted molar refractivity (Wildman–Crippen MR) is 87.1 cm³/mol. The average Bonchev–Trinajstić information content (AvgIpc) is 3.18. The Morgan fingerprint density at radius 1 is 1.48 bits per heavy atom. The van der Waals surface area contributed by atoms with Crippen molar-refractivity contribution in [1.29, 1.82) is 0 Å². The minimum atomic E-state index is -1.02. The van der Waals surface area contributed by atoms with Crippen molar-refractivity contribution in [3.05, 3.63) is 23.8 Å². The number of aliphatic hydroxyl groups excluding tert-OH is 1. The molecule has 2 saturated heterocycles. The minimum absolute atomic E-state index is 0.0105. The molecule has 0 aromatic carbocycles. The number of esters is 2. The van der Waals surface area contributed by atoms with Gasteiger partial charge in [0.2, 0.25) is 0 Å². The molecule has 0 bridgehead atoms. The third kappa shape index (κ3) is 1.82. The van der Waals surface area contributed by atoms with Crippen LogP contribution in [0.3, 0.4) is 0 Å². The minimum Gasteiger partial charge on any atom is -0.455 e. The topological polar surface area (TPSA) is 85.4 Å². The SMILES string of the molecule is C=C(CO)C(=O)O[C@H]1[C@@]2(C)C(=CCC[C@@H]2C)C[C@@]23OC(=O)[C@H](C)[C@@]12O3. The lowest BCUT2D eigenvalue weighted by Gasteiger charge is -2.50. The number of rotatable bonds is 3. The second kappa shape index (κ2) is 4.95. The molecule has 3 fully saturated rings. The molecule has 0 radical (unpaired) electrons. The number of carbonyl (C=O) groups excluding carboxylic acids is 2. The number of fused-ring (bicyclic) bond motifs is 1. The molecule has 0 aromatic heterocycles. The van der Waals surface area contributed by atoms with Gasteiger partial charge in [0, 0.05) is 11.8 Å². The van der Waals surface area contributed by atoms with Gasteiger partial charge >= 0.3 is 11.9 Å². The van der Waals surface area contributed by atoms with Gasteiger partial charge in [0.15, 0.2) is 5.60 Å². The Labute approximate surface area is 146 Å². The molecule has 2 heterocycles. The molecule has 136 valence electrons. The number of hydrogen-bond acceptors (Lipinski definition) is 6. The van der Waals surface area contributed by atoms with E-state index in [4.69, 9.17) is 14.2 Å². The van der Waals surface area contributed by atoms with Crippen molar-refractivity contribution in [3.8, 4) is 0 Å². The summed E-state index contributed by atoms with van der Waals surface area (Å²) in [4.78, 5) is 24.7. The lowest BCUT2D eigenvalue weighted by molar-refractivity contribution is -0.166. The van der Waals surface area contributed by atoms with Crippen LogP contribution in [-0.4, -0.2) is 41.1 Å². The fourth-order valence-electron chi connectivity index (χ4n) is 5.08. The lowest BCUT2D eigenvalue weighted by atomic mass is 9.55. The summed E-state index contributed by atoms with van der Waals surface area (Å²) < 4.78 is 17.5. The van der Waals surface area contributed by atoms with Crippen molar-refractivity contribution < 1.29 is 28.9 Å². The standard InChI is InChI=1S/C19H24O6/c1-10(9-20)14(21)23-16-17(4)11(2)6-5-7-13(17)8-18-19(16,25-18)12(3)15(22)24-18/h7,11-12,16,20H,1,5-6,8-9H2,2-4H3/t11-,12-,16-,17+,18-,19+/m0/s1. The van der Waals surface area contributed by atoms with Crippen LogP contribution in [0.1, 0.15) is 40.0 Å². The molecule has 0 spiro atoms. The summed E-state index contributed by atoms with van der Waals surface area (Å²) in [6.45, 7) is 9.08. The number of aliphatic hydroxyl groups is 1. The molecule has 0 unspecified atom stereocenters. The summed E-state index contributed by atoms with van der Waals surface area (Å²) in [6.07, 6.45) is 3.95. The normalized spacial score (nSPS) is 47.0. The van der Waals surface area contributed by atoms with E-state index in [1.807, 2.05) is 0 Å². The molecule has 4 rings (SSSR count). The molecular formula is C19H24O6. The predicted octanol–water partition coefficient (Wildman–Crippen LogP) is 1.87. The Balaban J connectivity index is 1.81. The van der Waals surface area contributed by atoms with E-state index < -0.39 is 41.4 Å². The number of hydrogen-bond donors (Lipinski definition) is 1. The monoisotopic (exact) mass is 348 g/mol.